The second-order valence-corrected chi connectivity index (χ2v) is 11.5. The van der Waals surface area contributed by atoms with Gasteiger partial charge in [-0.15, -0.1) is 0 Å². The molecule has 2 heteroatoms. The average Bonchev–Trinajstić information content (AvgIpc) is 1.94. The predicted octanol–water partition coefficient (Wildman–Crippen LogP) is 4.71. The first-order chi connectivity index (χ1) is 5.56. The highest BCUT2D eigenvalue weighted by Crippen LogP contribution is 2.15. The fourth-order valence-corrected chi connectivity index (χ4v) is 3.13. The maximum absolute atomic E-state index is 2.47. The number of unbranched alkanes of at least 4 members (excludes halogenated alkanes) is 4. The van der Waals surface area contributed by atoms with Gasteiger partial charge in [-0.3, -0.25) is 0 Å². The van der Waals surface area contributed by atoms with Crippen LogP contribution in [0.4, 0.5) is 0 Å². The summed E-state index contributed by atoms with van der Waals surface area (Å²) in [5.41, 5.74) is 0. The average molecular weight is 298 g/mol. The standard InChI is InChI=1S/C10H23ISi/c1-12(2,3)10-8-6-4-5-7-9-11/h4-10H2,1-3H3. The van der Waals surface area contributed by atoms with Crippen molar-refractivity contribution in [2.75, 3.05) is 4.43 Å². The molecule has 0 saturated heterocycles. The zero-order chi connectivity index (χ0) is 9.45. The van der Waals surface area contributed by atoms with Gasteiger partial charge < -0.3 is 0 Å². The van der Waals surface area contributed by atoms with Crippen LogP contribution in [0, 0.1) is 0 Å². The molecular weight excluding hydrogens is 275 g/mol. The topological polar surface area (TPSA) is 0 Å². The molecule has 0 aromatic rings. The van der Waals surface area contributed by atoms with E-state index in [1.54, 1.807) is 0 Å². The van der Waals surface area contributed by atoms with E-state index in [0.717, 1.165) is 0 Å². The van der Waals surface area contributed by atoms with Crippen LogP contribution in [0.3, 0.4) is 0 Å². The Kier molecular flexibility index (Phi) is 7.94. The largest absolute Gasteiger partial charge is 0.0864 e. The summed E-state index contributed by atoms with van der Waals surface area (Å²) in [5.74, 6) is 0. The molecule has 0 bridgehead atoms. The lowest BCUT2D eigenvalue weighted by atomic mass is 10.2. The van der Waals surface area contributed by atoms with Crippen molar-refractivity contribution in [3.8, 4) is 0 Å². The summed E-state index contributed by atoms with van der Waals surface area (Å²) in [6.07, 6.45) is 7.30. The van der Waals surface area contributed by atoms with Crippen LogP contribution in [-0.2, 0) is 0 Å². The Bertz CT molecular complexity index is 96.5. The van der Waals surface area contributed by atoms with Gasteiger partial charge in [-0.2, -0.15) is 0 Å². The van der Waals surface area contributed by atoms with Crippen molar-refractivity contribution in [1.82, 2.24) is 0 Å². The minimum Gasteiger partial charge on any atom is -0.0864 e. The lowest BCUT2D eigenvalue weighted by Gasteiger charge is -2.14. The Morgan fingerprint density at radius 1 is 0.833 bits per heavy atom. The first kappa shape index (κ1) is 12.9. The van der Waals surface area contributed by atoms with Gasteiger partial charge in [-0.1, -0.05) is 74.0 Å². The normalized spacial score (nSPS) is 12.0. The number of alkyl halides is 1. The summed E-state index contributed by atoms with van der Waals surface area (Å²) >= 11 is 2.47. The molecule has 74 valence electrons. The Morgan fingerprint density at radius 2 is 1.33 bits per heavy atom. The fourth-order valence-electron chi connectivity index (χ4n) is 1.28. The molecule has 12 heavy (non-hydrogen) atoms. The van der Waals surface area contributed by atoms with Crippen molar-refractivity contribution in [3.63, 3.8) is 0 Å². The molecule has 0 spiro atoms. The van der Waals surface area contributed by atoms with Crippen LogP contribution in [0.5, 0.6) is 0 Å². The lowest BCUT2D eigenvalue weighted by molar-refractivity contribution is 0.658. The molecule has 0 aliphatic heterocycles. The van der Waals surface area contributed by atoms with E-state index in [-0.39, 0.29) is 0 Å². The van der Waals surface area contributed by atoms with Gasteiger partial charge in [0.2, 0.25) is 0 Å². The van der Waals surface area contributed by atoms with Gasteiger partial charge in [-0.05, 0) is 10.8 Å². The highest BCUT2D eigenvalue weighted by atomic mass is 127. The zero-order valence-electron chi connectivity index (χ0n) is 8.83. The highest BCUT2D eigenvalue weighted by molar-refractivity contribution is 14.1. The number of hydrogen-bond donors (Lipinski definition) is 0. The Morgan fingerprint density at radius 3 is 1.83 bits per heavy atom. The van der Waals surface area contributed by atoms with Gasteiger partial charge in [0, 0.05) is 8.07 Å². The molecule has 0 nitrogen and oxygen atoms in total. The van der Waals surface area contributed by atoms with E-state index in [0.29, 0.717) is 0 Å². The van der Waals surface area contributed by atoms with Gasteiger partial charge in [-0.25, -0.2) is 0 Å². The molecule has 0 aliphatic carbocycles. The van der Waals surface area contributed by atoms with Crippen LogP contribution in [0.25, 0.3) is 0 Å². The second-order valence-electron chi connectivity index (χ2n) is 4.77. The van der Waals surface area contributed by atoms with Gasteiger partial charge in [0.25, 0.3) is 0 Å². The smallest absolute Gasteiger partial charge is 0.0442 e. The third-order valence-electron chi connectivity index (χ3n) is 2.06. The molecule has 0 unspecified atom stereocenters. The van der Waals surface area contributed by atoms with Crippen LogP contribution >= 0.6 is 22.6 Å². The monoisotopic (exact) mass is 298 g/mol. The van der Waals surface area contributed by atoms with E-state index in [9.17, 15) is 0 Å². The van der Waals surface area contributed by atoms with E-state index >= 15 is 0 Å². The molecule has 0 heterocycles. The third-order valence-corrected chi connectivity index (χ3v) is 4.68. The number of hydrogen-bond acceptors (Lipinski definition) is 0. The van der Waals surface area contributed by atoms with Crippen molar-refractivity contribution in [2.24, 2.45) is 0 Å². The third kappa shape index (κ3) is 10.9. The summed E-state index contributed by atoms with van der Waals surface area (Å²) in [6.45, 7) is 7.41. The van der Waals surface area contributed by atoms with Gasteiger partial charge in [0.05, 0.1) is 0 Å². The van der Waals surface area contributed by atoms with Crippen LogP contribution in [-0.4, -0.2) is 12.5 Å². The maximum Gasteiger partial charge on any atom is 0.0442 e. The van der Waals surface area contributed by atoms with Crippen molar-refractivity contribution in [2.45, 2.75) is 57.8 Å². The molecular formula is C10H23ISi. The molecule has 0 saturated carbocycles. The number of halogens is 1. The van der Waals surface area contributed by atoms with Crippen molar-refractivity contribution < 1.29 is 0 Å². The van der Waals surface area contributed by atoms with Crippen LogP contribution < -0.4 is 0 Å². The molecule has 0 aromatic carbocycles. The van der Waals surface area contributed by atoms with Crippen LogP contribution in [0.2, 0.25) is 25.7 Å². The SMILES string of the molecule is C[Si](C)(C)CCCCCCCI. The number of rotatable bonds is 7. The predicted molar refractivity (Wildman–Crippen MR) is 70.1 cm³/mol. The van der Waals surface area contributed by atoms with Crippen molar-refractivity contribution >= 4 is 30.7 Å². The summed E-state index contributed by atoms with van der Waals surface area (Å²) in [4.78, 5) is 0. The van der Waals surface area contributed by atoms with E-state index in [1.807, 2.05) is 0 Å². The minimum atomic E-state index is -0.727. The Hall–Kier alpha value is 0.947. The molecule has 0 aliphatic rings. The minimum absolute atomic E-state index is 0.727. The van der Waals surface area contributed by atoms with E-state index in [1.165, 1.54) is 42.6 Å². The fraction of sp³-hybridized carbons (Fsp3) is 1.00. The van der Waals surface area contributed by atoms with Crippen LogP contribution in [0.1, 0.15) is 32.1 Å². The molecule has 0 N–H and O–H groups in total. The lowest BCUT2D eigenvalue weighted by Crippen LogP contribution is -2.18. The van der Waals surface area contributed by atoms with Crippen molar-refractivity contribution in [1.29, 1.82) is 0 Å². The highest BCUT2D eigenvalue weighted by Gasteiger charge is 2.11. The van der Waals surface area contributed by atoms with E-state index < -0.39 is 8.07 Å². The quantitative estimate of drug-likeness (QED) is 0.276. The summed E-state index contributed by atoms with van der Waals surface area (Å²) in [6, 6.07) is 1.53. The molecule has 0 radical (unpaired) electrons. The Balaban J connectivity index is 3.01. The first-order valence-electron chi connectivity index (χ1n) is 5.12. The van der Waals surface area contributed by atoms with Gasteiger partial charge in [0.15, 0.2) is 0 Å². The van der Waals surface area contributed by atoms with Crippen LogP contribution in [0.15, 0.2) is 0 Å². The van der Waals surface area contributed by atoms with Crippen molar-refractivity contribution in [3.05, 3.63) is 0 Å². The molecule has 0 rings (SSSR count). The first-order valence-corrected chi connectivity index (χ1v) is 10.4. The summed E-state index contributed by atoms with van der Waals surface area (Å²) in [7, 11) is -0.727. The molecule has 0 fully saturated rings. The maximum atomic E-state index is 2.47. The molecule has 0 amide bonds. The zero-order valence-corrected chi connectivity index (χ0v) is 12.0. The van der Waals surface area contributed by atoms with E-state index in [4.69, 9.17) is 0 Å². The molecule has 0 aromatic heterocycles. The van der Waals surface area contributed by atoms with Gasteiger partial charge >= 0.3 is 0 Å². The second kappa shape index (κ2) is 7.36. The van der Waals surface area contributed by atoms with E-state index in [2.05, 4.69) is 42.2 Å². The molecule has 0 atom stereocenters. The Labute approximate surface area is 92.7 Å². The summed E-state index contributed by atoms with van der Waals surface area (Å²) in [5, 5.41) is 0. The summed E-state index contributed by atoms with van der Waals surface area (Å²) < 4.78 is 1.34. The van der Waals surface area contributed by atoms with Gasteiger partial charge in [0.1, 0.15) is 0 Å².